The number of carbonyl (C=O) groups is 2. The molecule has 1 aromatic carbocycles. The molecule has 1 aromatic rings. The van der Waals surface area contributed by atoms with E-state index in [1.54, 1.807) is 6.92 Å². The van der Waals surface area contributed by atoms with Crippen molar-refractivity contribution in [1.29, 1.82) is 0 Å². The van der Waals surface area contributed by atoms with E-state index in [0.29, 0.717) is 31.4 Å². The number of aliphatic hydroxyl groups excluding tert-OH is 2. The van der Waals surface area contributed by atoms with E-state index in [1.165, 1.54) is 0 Å². The van der Waals surface area contributed by atoms with E-state index in [2.05, 4.69) is 13.0 Å². The zero-order chi connectivity index (χ0) is 27.4. The lowest BCUT2D eigenvalue weighted by Gasteiger charge is -2.44. The van der Waals surface area contributed by atoms with Crippen LogP contribution in [0.2, 0.25) is 0 Å². The Kier molecular flexibility index (Phi) is 8.99. The molecule has 7 heteroatoms. The third kappa shape index (κ3) is 6.49. The molecule has 0 amide bonds. The van der Waals surface area contributed by atoms with E-state index < -0.39 is 29.9 Å². The highest BCUT2D eigenvalue weighted by atomic mass is 16.6. The van der Waals surface area contributed by atoms with Crippen LogP contribution in [0.25, 0.3) is 0 Å². The normalized spacial score (nSPS) is 32.4. The molecule has 2 N–H and O–H groups in total. The smallest absolute Gasteiger partial charge is 0.350 e. The minimum absolute atomic E-state index is 0.0472. The number of hydrogen-bond donors (Lipinski definition) is 2. The van der Waals surface area contributed by atoms with E-state index in [1.807, 2.05) is 50.3 Å². The van der Waals surface area contributed by atoms with Crippen LogP contribution < -0.4 is 4.74 Å². The average molecular weight is 527 g/mol. The van der Waals surface area contributed by atoms with Gasteiger partial charge in [0.2, 0.25) is 5.60 Å². The zero-order valence-electron chi connectivity index (χ0n) is 23.0. The minimum Gasteiger partial charge on any atom is -0.476 e. The number of aryl methyl sites for hydroxylation is 1. The Morgan fingerprint density at radius 2 is 1.95 bits per heavy atom. The first-order valence-corrected chi connectivity index (χ1v) is 14.0. The molecule has 2 aliphatic carbocycles. The van der Waals surface area contributed by atoms with Crippen LogP contribution in [-0.4, -0.2) is 52.2 Å². The first-order valence-electron chi connectivity index (χ1n) is 14.0. The number of fused-ring (bicyclic) bond motifs is 1. The van der Waals surface area contributed by atoms with Crippen molar-refractivity contribution >= 4 is 11.9 Å². The van der Waals surface area contributed by atoms with Gasteiger partial charge in [-0.05, 0) is 62.1 Å². The number of benzene rings is 1. The standard InChI is InChI=1S/C31H42O7/c1-5-14-31(4,38-26-9-7-6-8-20(26)3)30(35)37-27-17-22(32)15-21-11-10-19(2)25(29(21)27)13-12-24-16-23(33)18-28(34)36-24/h6-11,15,19,22-25,27,29,32-33H,5,12-14,16-18H2,1-4H3/t19-,22+,23+,24+,25-,27-,29-,31?/m0/s1. The molecule has 38 heavy (non-hydrogen) atoms. The van der Waals surface area contributed by atoms with Crippen molar-refractivity contribution < 1.29 is 34.0 Å². The van der Waals surface area contributed by atoms with Gasteiger partial charge in [-0.2, -0.15) is 0 Å². The molecule has 1 unspecified atom stereocenters. The van der Waals surface area contributed by atoms with Gasteiger partial charge in [-0.1, -0.05) is 56.7 Å². The van der Waals surface area contributed by atoms with Crippen molar-refractivity contribution in [3.05, 3.63) is 53.6 Å². The summed E-state index contributed by atoms with van der Waals surface area (Å²) in [6.45, 7) is 7.89. The Labute approximate surface area is 225 Å². The monoisotopic (exact) mass is 526 g/mol. The first-order chi connectivity index (χ1) is 18.1. The molecule has 0 spiro atoms. The molecule has 0 bridgehead atoms. The number of rotatable bonds is 9. The molecular weight excluding hydrogens is 484 g/mol. The number of para-hydroxylation sites is 1. The number of carbonyl (C=O) groups excluding carboxylic acids is 2. The van der Waals surface area contributed by atoms with Gasteiger partial charge >= 0.3 is 11.9 Å². The molecular formula is C31H42O7. The molecule has 1 fully saturated rings. The Hall–Kier alpha value is -2.64. The Morgan fingerprint density at radius 1 is 1.18 bits per heavy atom. The quantitative estimate of drug-likeness (QED) is 0.445. The van der Waals surface area contributed by atoms with Crippen LogP contribution in [0.4, 0.5) is 0 Å². The van der Waals surface area contributed by atoms with E-state index >= 15 is 0 Å². The third-order valence-electron chi connectivity index (χ3n) is 8.28. The number of allylic oxidation sites excluding steroid dienone is 2. The molecule has 0 saturated carbocycles. The summed E-state index contributed by atoms with van der Waals surface area (Å²) >= 11 is 0. The number of hydrogen-bond acceptors (Lipinski definition) is 7. The summed E-state index contributed by atoms with van der Waals surface area (Å²) in [5.41, 5.74) is 0.758. The second-order valence-electron chi connectivity index (χ2n) is 11.5. The van der Waals surface area contributed by atoms with Crippen LogP contribution in [0.5, 0.6) is 5.75 Å². The van der Waals surface area contributed by atoms with E-state index in [4.69, 9.17) is 14.2 Å². The maximum absolute atomic E-state index is 13.7. The van der Waals surface area contributed by atoms with Gasteiger partial charge in [-0.15, -0.1) is 0 Å². The average Bonchev–Trinajstić information content (AvgIpc) is 2.84. The Morgan fingerprint density at radius 3 is 2.66 bits per heavy atom. The van der Waals surface area contributed by atoms with Gasteiger partial charge in [-0.3, -0.25) is 4.79 Å². The highest BCUT2D eigenvalue weighted by Crippen LogP contribution is 2.44. The van der Waals surface area contributed by atoms with Crippen LogP contribution in [0.1, 0.15) is 71.3 Å². The van der Waals surface area contributed by atoms with E-state index in [9.17, 15) is 19.8 Å². The summed E-state index contributed by atoms with van der Waals surface area (Å²) in [5.74, 6) is 0.123. The van der Waals surface area contributed by atoms with Gasteiger partial charge in [0.1, 0.15) is 18.0 Å². The number of ether oxygens (including phenoxy) is 3. The Bertz CT molecular complexity index is 1060. The summed E-state index contributed by atoms with van der Waals surface area (Å²) in [6, 6.07) is 7.63. The van der Waals surface area contributed by atoms with Crippen LogP contribution in [0, 0.1) is 24.7 Å². The zero-order valence-corrected chi connectivity index (χ0v) is 23.0. The van der Waals surface area contributed by atoms with Gasteiger partial charge in [0.05, 0.1) is 18.6 Å². The predicted molar refractivity (Wildman–Crippen MR) is 143 cm³/mol. The highest BCUT2D eigenvalue weighted by Gasteiger charge is 2.45. The van der Waals surface area contributed by atoms with Crippen molar-refractivity contribution in [2.75, 3.05) is 0 Å². The first kappa shape index (κ1) is 28.4. The Balaban J connectivity index is 1.53. The fraction of sp³-hybridized carbons (Fsp3) is 0.613. The van der Waals surface area contributed by atoms with Gasteiger partial charge in [0.15, 0.2) is 0 Å². The molecule has 7 nitrogen and oxygen atoms in total. The van der Waals surface area contributed by atoms with Crippen LogP contribution in [0.3, 0.4) is 0 Å². The molecule has 8 atom stereocenters. The number of esters is 2. The van der Waals surface area contributed by atoms with Gasteiger partial charge in [0, 0.05) is 18.8 Å². The summed E-state index contributed by atoms with van der Waals surface area (Å²) < 4.78 is 18.0. The third-order valence-corrected chi connectivity index (χ3v) is 8.28. The summed E-state index contributed by atoms with van der Waals surface area (Å²) in [4.78, 5) is 25.6. The molecule has 1 heterocycles. The molecule has 1 saturated heterocycles. The lowest BCUT2D eigenvalue weighted by atomic mass is 9.66. The number of cyclic esters (lactones) is 1. The van der Waals surface area contributed by atoms with Crippen molar-refractivity contribution in [2.45, 2.75) is 103 Å². The van der Waals surface area contributed by atoms with Crippen LogP contribution in [-0.2, 0) is 19.1 Å². The highest BCUT2D eigenvalue weighted by molar-refractivity contribution is 5.80. The van der Waals surface area contributed by atoms with Crippen LogP contribution in [0.15, 0.2) is 48.1 Å². The maximum Gasteiger partial charge on any atom is 0.350 e. The van der Waals surface area contributed by atoms with Gasteiger partial charge in [-0.25, -0.2) is 4.79 Å². The molecule has 208 valence electrons. The maximum atomic E-state index is 13.7. The molecule has 0 radical (unpaired) electrons. The fourth-order valence-corrected chi connectivity index (χ4v) is 6.25. The second-order valence-corrected chi connectivity index (χ2v) is 11.5. The van der Waals surface area contributed by atoms with Gasteiger partial charge in [0.25, 0.3) is 0 Å². The summed E-state index contributed by atoms with van der Waals surface area (Å²) in [7, 11) is 0. The fourth-order valence-electron chi connectivity index (χ4n) is 6.25. The summed E-state index contributed by atoms with van der Waals surface area (Å²) in [5, 5.41) is 20.7. The topological polar surface area (TPSA) is 102 Å². The van der Waals surface area contributed by atoms with Crippen LogP contribution >= 0.6 is 0 Å². The number of aliphatic hydroxyl groups is 2. The molecule has 4 rings (SSSR count). The second kappa shape index (κ2) is 12.0. The largest absolute Gasteiger partial charge is 0.476 e. The SMILES string of the molecule is CCCC(C)(Oc1ccccc1C)C(=O)O[C@H]1C[C@H](O)C=C2C=C[C@H](C)[C@H](CC[C@@H]3C[C@@H](O)CC(=O)O3)[C@H]21. The van der Waals surface area contributed by atoms with E-state index in [-0.39, 0.29) is 36.2 Å². The van der Waals surface area contributed by atoms with Crippen molar-refractivity contribution in [3.8, 4) is 5.75 Å². The minimum atomic E-state index is -1.16. The lowest BCUT2D eigenvalue weighted by Crippen LogP contribution is -2.48. The molecule has 0 aromatic heterocycles. The predicted octanol–water partition coefficient (Wildman–Crippen LogP) is 4.82. The van der Waals surface area contributed by atoms with E-state index in [0.717, 1.165) is 24.0 Å². The van der Waals surface area contributed by atoms with Crippen molar-refractivity contribution in [1.82, 2.24) is 0 Å². The van der Waals surface area contributed by atoms with Crippen molar-refractivity contribution in [3.63, 3.8) is 0 Å². The lowest BCUT2D eigenvalue weighted by molar-refractivity contribution is -0.173. The van der Waals surface area contributed by atoms with Crippen molar-refractivity contribution in [2.24, 2.45) is 17.8 Å². The molecule has 1 aliphatic heterocycles. The summed E-state index contributed by atoms with van der Waals surface area (Å²) in [6.07, 6.45) is 7.26. The van der Waals surface area contributed by atoms with Gasteiger partial charge < -0.3 is 24.4 Å². The molecule has 3 aliphatic rings.